The third-order valence-corrected chi connectivity index (χ3v) is 5.62. The van der Waals surface area contributed by atoms with Gasteiger partial charge in [-0.05, 0) is 31.1 Å². The van der Waals surface area contributed by atoms with Crippen molar-refractivity contribution in [2.24, 2.45) is 16.7 Å². The molecule has 0 aromatic carbocycles. The second-order valence-corrected chi connectivity index (χ2v) is 6.53. The molecule has 0 bridgehead atoms. The number of carboxylic acid groups (broad SMARTS) is 2. The molecule has 0 aromatic rings. The highest BCUT2D eigenvalue weighted by atomic mass is 16.4. The molecule has 2 aliphatic carbocycles. The number of hydrogen-bond donors (Lipinski definition) is 2. The summed E-state index contributed by atoms with van der Waals surface area (Å²) >= 11 is 0. The molecule has 0 radical (unpaired) electrons. The van der Waals surface area contributed by atoms with E-state index >= 15 is 0 Å². The summed E-state index contributed by atoms with van der Waals surface area (Å²) in [6, 6.07) is 0. The Morgan fingerprint density at radius 3 is 2.05 bits per heavy atom. The molecule has 2 fully saturated rings. The fourth-order valence-corrected chi connectivity index (χ4v) is 4.52. The first kappa shape index (κ1) is 14.4. The molecule has 4 heteroatoms. The molecule has 0 saturated heterocycles. The highest BCUT2D eigenvalue weighted by Gasteiger charge is 2.60. The first-order valence-corrected chi connectivity index (χ1v) is 7.40. The second kappa shape index (κ2) is 5.14. The Morgan fingerprint density at radius 2 is 1.53 bits per heavy atom. The summed E-state index contributed by atoms with van der Waals surface area (Å²) in [4.78, 5) is 23.6. The van der Waals surface area contributed by atoms with Gasteiger partial charge in [0.15, 0.2) is 0 Å². The van der Waals surface area contributed by atoms with Crippen LogP contribution in [-0.4, -0.2) is 22.2 Å². The van der Waals surface area contributed by atoms with Crippen molar-refractivity contribution in [2.75, 3.05) is 0 Å². The molecule has 2 atom stereocenters. The van der Waals surface area contributed by atoms with Crippen molar-refractivity contribution in [3.63, 3.8) is 0 Å². The van der Waals surface area contributed by atoms with E-state index in [1.807, 2.05) is 6.92 Å². The lowest BCUT2D eigenvalue weighted by molar-refractivity contribution is -0.182. The lowest BCUT2D eigenvalue weighted by Gasteiger charge is -2.52. The fraction of sp³-hybridized carbons (Fsp3) is 0.867. The van der Waals surface area contributed by atoms with Crippen LogP contribution in [0.15, 0.2) is 0 Å². The van der Waals surface area contributed by atoms with Gasteiger partial charge in [-0.2, -0.15) is 0 Å². The largest absolute Gasteiger partial charge is 0.481 e. The molecule has 2 aliphatic rings. The third kappa shape index (κ3) is 2.15. The fourth-order valence-electron chi connectivity index (χ4n) is 4.52. The molecular weight excluding hydrogens is 244 g/mol. The maximum absolute atomic E-state index is 12.0. The van der Waals surface area contributed by atoms with Crippen LogP contribution in [0, 0.1) is 16.7 Å². The van der Waals surface area contributed by atoms with Crippen LogP contribution in [-0.2, 0) is 9.59 Å². The van der Waals surface area contributed by atoms with E-state index in [0.717, 1.165) is 44.9 Å². The van der Waals surface area contributed by atoms with E-state index in [1.165, 1.54) is 0 Å². The highest BCUT2D eigenvalue weighted by molar-refractivity contribution is 5.84. The molecule has 108 valence electrons. The summed E-state index contributed by atoms with van der Waals surface area (Å²) in [5.41, 5.74) is -1.42. The summed E-state index contributed by atoms with van der Waals surface area (Å²) in [7, 11) is 0. The zero-order valence-corrected chi connectivity index (χ0v) is 11.7. The van der Waals surface area contributed by atoms with Crippen molar-refractivity contribution >= 4 is 11.9 Å². The molecule has 0 amide bonds. The Bertz CT molecular complexity index is 370. The van der Waals surface area contributed by atoms with Crippen LogP contribution < -0.4 is 0 Å². The maximum atomic E-state index is 12.0. The van der Waals surface area contributed by atoms with Crippen LogP contribution in [0.3, 0.4) is 0 Å². The van der Waals surface area contributed by atoms with Gasteiger partial charge in [0.25, 0.3) is 0 Å². The normalized spacial score (nSPS) is 34.7. The van der Waals surface area contributed by atoms with E-state index in [0.29, 0.717) is 12.8 Å². The van der Waals surface area contributed by atoms with Crippen molar-refractivity contribution < 1.29 is 19.8 Å². The van der Waals surface area contributed by atoms with Crippen LogP contribution in [0.5, 0.6) is 0 Å². The van der Waals surface area contributed by atoms with Crippen LogP contribution in [0.4, 0.5) is 0 Å². The topological polar surface area (TPSA) is 74.6 Å². The Labute approximate surface area is 114 Å². The molecule has 2 rings (SSSR count). The van der Waals surface area contributed by atoms with Crippen molar-refractivity contribution in [1.82, 2.24) is 0 Å². The first-order valence-electron chi connectivity index (χ1n) is 7.40. The number of rotatable bonds is 3. The molecule has 0 heterocycles. The van der Waals surface area contributed by atoms with Gasteiger partial charge in [-0.3, -0.25) is 9.59 Å². The van der Waals surface area contributed by atoms with Crippen LogP contribution in [0.25, 0.3) is 0 Å². The predicted octanol–water partition coefficient (Wildman–Crippen LogP) is 3.30. The van der Waals surface area contributed by atoms with Gasteiger partial charge >= 0.3 is 11.9 Å². The van der Waals surface area contributed by atoms with Gasteiger partial charge in [0.05, 0.1) is 11.3 Å². The standard InChI is InChI=1S/C15H24O4/c1-14(8-4-2-5-9-14)15(13(18)19)10-6-3-7-11(15)12(16)17/h11H,2-10H2,1H3,(H,16,17)(H,18,19). The van der Waals surface area contributed by atoms with E-state index in [1.54, 1.807) is 0 Å². The van der Waals surface area contributed by atoms with Crippen LogP contribution in [0.2, 0.25) is 0 Å². The summed E-state index contributed by atoms with van der Waals surface area (Å²) in [6.07, 6.45) is 7.60. The number of hydrogen-bond acceptors (Lipinski definition) is 2. The minimum absolute atomic E-state index is 0.361. The molecule has 2 unspecified atom stereocenters. The van der Waals surface area contributed by atoms with Gasteiger partial charge in [-0.25, -0.2) is 0 Å². The maximum Gasteiger partial charge on any atom is 0.311 e. The molecule has 19 heavy (non-hydrogen) atoms. The summed E-state index contributed by atoms with van der Waals surface area (Å²) in [5.74, 6) is -2.53. The van der Waals surface area contributed by atoms with E-state index in [2.05, 4.69) is 0 Å². The monoisotopic (exact) mass is 268 g/mol. The van der Waals surface area contributed by atoms with Crippen molar-refractivity contribution in [3.05, 3.63) is 0 Å². The smallest absolute Gasteiger partial charge is 0.311 e. The minimum atomic E-state index is -1.06. The zero-order valence-electron chi connectivity index (χ0n) is 11.7. The number of aliphatic carboxylic acids is 2. The Morgan fingerprint density at radius 1 is 0.947 bits per heavy atom. The number of carbonyl (C=O) groups is 2. The minimum Gasteiger partial charge on any atom is -0.481 e. The van der Waals surface area contributed by atoms with Gasteiger partial charge in [0, 0.05) is 0 Å². The summed E-state index contributed by atoms with van der Waals surface area (Å²) in [6.45, 7) is 2.02. The highest BCUT2D eigenvalue weighted by Crippen LogP contribution is 2.59. The Kier molecular flexibility index (Phi) is 3.88. The molecule has 2 N–H and O–H groups in total. The average molecular weight is 268 g/mol. The first-order chi connectivity index (χ1) is 8.94. The SMILES string of the molecule is CC1(C2(C(=O)O)CCCCC2C(=O)O)CCCCC1. The zero-order chi connectivity index (χ0) is 14.1. The quantitative estimate of drug-likeness (QED) is 0.823. The van der Waals surface area contributed by atoms with E-state index in [9.17, 15) is 19.8 Å². The third-order valence-electron chi connectivity index (χ3n) is 5.62. The van der Waals surface area contributed by atoms with E-state index < -0.39 is 23.3 Å². The van der Waals surface area contributed by atoms with Crippen molar-refractivity contribution in [3.8, 4) is 0 Å². The molecule has 0 aromatic heterocycles. The van der Waals surface area contributed by atoms with Crippen molar-refractivity contribution in [1.29, 1.82) is 0 Å². The van der Waals surface area contributed by atoms with E-state index in [4.69, 9.17) is 0 Å². The summed E-state index contributed by atoms with van der Waals surface area (Å²) < 4.78 is 0. The van der Waals surface area contributed by atoms with Gasteiger partial charge < -0.3 is 10.2 Å². The number of carboxylic acids is 2. The lowest BCUT2D eigenvalue weighted by Crippen LogP contribution is -2.55. The van der Waals surface area contributed by atoms with Gasteiger partial charge in [0.2, 0.25) is 0 Å². The lowest BCUT2D eigenvalue weighted by atomic mass is 9.49. The molecular formula is C15H24O4. The second-order valence-electron chi connectivity index (χ2n) is 6.53. The molecule has 2 saturated carbocycles. The van der Waals surface area contributed by atoms with Crippen LogP contribution in [0.1, 0.15) is 64.7 Å². The Balaban J connectivity index is 2.45. The van der Waals surface area contributed by atoms with E-state index in [-0.39, 0.29) is 5.41 Å². The van der Waals surface area contributed by atoms with Gasteiger partial charge in [-0.1, -0.05) is 39.0 Å². The van der Waals surface area contributed by atoms with Crippen LogP contribution >= 0.6 is 0 Å². The molecule has 0 aliphatic heterocycles. The van der Waals surface area contributed by atoms with Gasteiger partial charge in [0.1, 0.15) is 0 Å². The molecule has 0 spiro atoms. The molecule has 4 nitrogen and oxygen atoms in total. The van der Waals surface area contributed by atoms with Gasteiger partial charge in [-0.15, -0.1) is 0 Å². The van der Waals surface area contributed by atoms with Crippen molar-refractivity contribution in [2.45, 2.75) is 64.7 Å². The predicted molar refractivity (Wildman–Crippen MR) is 70.9 cm³/mol. The average Bonchev–Trinajstić information content (AvgIpc) is 2.39. The summed E-state index contributed by atoms with van der Waals surface area (Å²) in [5, 5.41) is 19.4. The Hall–Kier alpha value is -1.06.